The SMILES string of the molecule is O=C(Oc1cccc(Cl)c1Cl)c1cccc(S(=O)(=O)N2CCOCC2)c1. The molecule has 0 N–H and O–H groups in total. The summed E-state index contributed by atoms with van der Waals surface area (Å²) in [5, 5.41) is 0.361. The van der Waals surface area contributed by atoms with Crippen molar-refractivity contribution in [2.75, 3.05) is 26.3 Å². The zero-order chi connectivity index (χ0) is 18.7. The molecule has 26 heavy (non-hydrogen) atoms. The number of esters is 1. The van der Waals surface area contributed by atoms with Crippen LogP contribution in [0.4, 0.5) is 0 Å². The van der Waals surface area contributed by atoms with Crippen LogP contribution >= 0.6 is 23.2 Å². The normalized spacial score (nSPS) is 15.6. The minimum atomic E-state index is -3.71. The highest BCUT2D eigenvalue weighted by Crippen LogP contribution is 2.32. The fourth-order valence-electron chi connectivity index (χ4n) is 2.44. The summed E-state index contributed by atoms with van der Waals surface area (Å²) in [6, 6.07) is 10.3. The average molecular weight is 416 g/mol. The number of hydrogen-bond donors (Lipinski definition) is 0. The van der Waals surface area contributed by atoms with Crippen molar-refractivity contribution in [2.45, 2.75) is 4.90 Å². The van der Waals surface area contributed by atoms with Crippen molar-refractivity contribution in [1.29, 1.82) is 0 Å². The molecule has 6 nitrogen and oxygen atoms in total. The van der Waals surface area contributed by atoms with Gasteiger partial charge in [0.25, 0.3) is 0 Å². The second-order valence-electron chi connectivity index (χ2n) is 5.49. The number of carbonyl (C=O) groups excluding carboxylic acids is 1. The first-order chi connectivity index (χ1) is 12.4. The van der Waals surface area contributed by atoms with E-state index in [9.17, 15) is 13.2 Å². The number of nitrogens with zero attached hydrogens (tertiary/aromatic N) is 1. The van der Waals surface area contributed by atoms with Crippen LogP contribution in [0.25, 0.3) is 0 Å². The van der Waals surface area contributed by atoms with Crippen LogP contribution in [-0.4, -0.2) is 45.0 Å². The van der Waals surface area contributed by atoms with Gasteiger partial charge in [-0.15, -0.1) is 0 Å². The topological polar surface area (TPSA) is 72.9 Å². The molecule has 2 aromatic rings. The number of benzene rings is 2. The van der Waals surface area contributed by atoms with Gasteiger partial charge in [0.15, 0.2) is 5.75 Å². The second-order valence-corrected chi connectivity index (χ2v) is 8.21. The van der Waals surface area contributed by atoms with Gasteiger partial charge in [0.2, 0.25) is 10.0 Å². The highest BCUT2D eigenvalue weighted by Gasteiger charge is 2.27. The van der Waals surface area contributed by atoms with Gasteiger partial charge < -0.3 is 9.47 Å². The van der Waals surface area contributed by atoms with Crippen LogP contribution in [0.1, 0.15) is 10.4 Å². The van der Waals surface area contributed by atoms with Crippen molar-refractivity contribution in [1.82, 2.24) is 4.31 Å². The zero-order valence-electron chi connectivity index (χ0n) is 13.5. The molecular weight excluding hydrogens is 401 g/mol. The van der Waals surface area contributed by atoms with Crippen LogP contribution in [-0.2, 0) is 14.8 Å². The van der Waals surface area contributed by atoms with Crippen molar-refractivity contribution in [3.05, 3.63) is 58.1 Å². The van der Waals surface area contributed by atoms with Crippen LogP contribution < -0.4 is 4.74 Å². The summed E-state index contributed by atoms with van der Waals surface area (Å²) in [5.41, 5.74) is 0.0929. The number of rotatable bonds is 4. The number of morpholine rings is 1. The molecule has 0 spiro atoms. The summed E-state index contributed by atoms with van der Waals surface area (Å²) in [7, 11) is -3.71. The number of sulfonamides is 1. The Kier molecular flexibility index (Phi) is 5.84. The minimum absolute atomic E-state index is 0.0195. The predicted molar refractivity (Wildman–Crippen MR) is 97.4 cm³/mol. The summed E-state index contributed by atoms with van der Waals surface area (Å²) in [6.45, 7) is 1.23. The molecule has 0 saturated carbocycles. The molecule has 0 aliphatic carbocycles. The van der Waals surface area contributed by atoms with Gasteiger partial charge in [-0.25, -0.2) is 13.2 Å². The van der Waals surface area contributed by atoms with E-state index in [2.05, 4.69) is 0 Å². The quantitative estimate of drug-likeness (QED) is 0.565. The lowest BCUT2D eigenvalue weighted by molar-refractivity contribution is 0.0727. The second kappa shape index (κ2) is 7.94. The molecule has 3 rings (SSSR count). The summed E-state index contributed by atoms with van der Waals surface area (Å²) in [4.78, 5) is 12.4. The van der Waals surface area contributed by atoms with Gasteiger partial charge in [0.05, 0.1) is 28.7 Å². The molecule has 138 valence electrons. The first kappa shape index (κ1) is 19.1. The zero-order valence-corrected chi connectivity index (χ0v) is 15.9. The Morgan fingerprint density at radius 3 is 2.50 bits per heavy atom. The fraction of sp³-hybridized carbons (Fsp3) is 0.235. The van der Waals surface area contributed by atoms with Crippen molar-refractivity contribution in [3.8, 4) is 5.75 Å². The van der Waals surface area contributed by atoms with E-state index >= 15 is 0 Å². The summed E-state index contributed by atoms with van der Waals surface area (Å²) >= 11 is 11.9. The molecule has 1 saturated heterocycles. The van der Waals surface area contributed by atoms with E-state index in [4.69, 9.17) is 32.7 Å². The van der Waals surface area contributed by atoms with E-state index in [0.717, 1.165) is 0 Å². The molecule has 1 aliphatic heterocycles. The Morgan fingerprint density at radius 1 is 1.08 bits per heavy atom. The highest BCUT2D eigenvalue weighted by atomic mass is 35.5. The summed E-state index contributed by atoms with van der Waals surface area (Å²) in [6.07, 6.45) is 0. The Balaban J connectivity index is 1.84. The number of halogens is 2. The van der Waals surface area contributed by atoms with Crippen LogP contribution in [0.3, 0.4) is 0 Å². The number of ether oxygens (including phenoxy) is 2. The third-order valence-corrected chi connectivity index (χ3v) is 6.49. The van der Waals surface area contributed by atoms with Crippen molar-refractivity contribution >= 4 is 39.2 Å². The van der Waals surface area contributed by atoms with Crippen LogP contribution in [0.2, 0.25) is 10.0 Å². The van der Waals surface area contributed by atoms with Crippen LogP contribution in [0.5, 0.6) is 5.75 Å². The molecule has 0 atom stereocenters. The Morgan fingerprint density at radius 2 is 1.77 bits per heavy atom. The van der Waals surface area contributed by atoms with Gasteiger partial charge in [-0.05, 0) is 30.3 Å². The smallest absolute Gasteiger partial charge is 0.343 e. The maximum absolute atomic E-state index is 12.7. The fourth-order valence-corrected chi connectivity index (χ4v) is 4.23. The third-order valence-electron chi connectivity index (χ3n) is 3.80. The molecule has 0 amide bonds. The van der Waals surface area contributed by atoms with Gasteiger partial charge in [-0.2, -0.15) is 4.31 Å². The van der Waals surface area contributed by atoms with E-state index < -0.39 is 16.0 Å². The van der Waals surface area contributed by atoms with Crippen molar-refractivity contribution in [2.24, 2.45) is 0 Å². The molecule has 0 radical (unpaired) electrons. The maximum atomic E-state index is 12.7. The predicted octanol–water partition coefficient (Wildman–Crippen LogP) is 3.23. The van der Waals surface area contributed by atoms with Gasteiger partial charge in [0.1, 0.15) is 5.02 Å². The Hall–Kier alpha value is -1.64. The molecule has 0 bridgehead atoms. The molecule has 0 aromatic heterocycles. The molecule has 1 heterocycles. The van der Waals surface area contributed by atoms with Crippen LogP contribution in [0.15, 0.2) is 47.4 Å². The van der Waals surface area contributed by atoms with E-state index in [0.29, 0.717) is 13.2 Å². The molecular formula is C17H15Cl2NO5S. The average Bonchev–Trinajstić information content (AvgIpc) is 2.66. The largest absolute Gasteiger partial charge is 0.421 e. The van der Waals surface area contributed by atoms with E-state index in [1.165, 1.54) is 34.6 Å². The first-order valence-electron chi connectivity index (χ1n) is 7.74. The highest BCUT2D eigenvalue weighted by molar-refractivity contribution is 7.89. The van der Waals surface area contributed by atoms with Gasteiger partial charge in [0, 0.05) is 13.1 Å². The lowest BCUT2D eigenvalue weighted by Crippen LogP contribution is -2.40. The monoisotopic (exact) mass is 415 g/mol. The lowest BCUT2D eigenvalue weighted by atomic mass is 10.2. The van der Waals surface area contributed by atoms with E-state index in [1.807, 2.05) is 0 Å². The van der Waals surface area contributed by atoms with Gasteiger partial charge >= 0.3 is 5.97 Å². The van der Waals surface area contributed by atoms with Crippen molar-refractivity contribution in [3.63, 3.8) is 0 Å². The van der Waals surface area contributed by atoms with Crippen LogP contribution in [0, 0.1) is 0 Å². The standard InChI is InChI=1S/C17H15Cl2NO5S/c18-14-5-2-6-15(16(14)19)25-17(21)12-3-1-4-13(11-12)26(22,23)20-7-9-24-10-8-20/h1-6,11H,7-10H2. The third kappa shape index (κ3) is 4.02. The molecule has 1 fully saturated rings. The van der Waals surface area contributed by atoms with Crippen molar-refractivity contribution < 1.29 is 22.7 Å². The molecule has 0 unspecified atom stereocenters. The summed E-state index contributed by atoms with van der Waals surface area (Å²) in [5.74, 6) is -0.626. The molecule has 1 aliphatic rings. The summed E-state index contributed by atoms with van der Waals surface area (Å²) < 4.78 is 37.1. The lowest BCUT2D eigenvalue weighted by Gasteiger charge is -2.26. The van der Waals surface area contributed by atoms with Gasteiger partial charge in [-0.3, -0.25) is 0 Å². The van der Waals surface area contributed by atoms with E-state index in [-0.39, 0.29) is 39.3 Å². The van der Waals surface area contributed by atoms with Gasteiger partial charge in [-0.1, -0.05) is 35.3 Å². The molecule has 2 aromatic carbocycles. The number of hydrogen-bond acceptors (Lipinski definition) is 5. The first-order valence-corrected chi connectivity index (χ1v) is 9.93. The molecule has 9 heteroatoms. The maximum Gasteiger partial charge on any atom is 0.343 e. The Bertz CT molecular complexity index is 927. The number of carbonyl (C=O) groups is 1. The van der Waals surface area contributed by atoms with E-state index in [1.54, 1.807) is 12.1 Å². The minimum Gasteiger partial charge on any atom is -0.421 e. The Labute approximate surface area is 161 Å².